The van der Waals surface area contributed by atoms with Crippen LogP contribution in [0.2, 0.25) is 0 Å². The Kier molecular flexibility index (Phi) is 61.2. The van der Waals surface area contributed by atoms with Gasteiger partial charge >= 0.3 is 11.9 Å². The molecule has 10 heteroatoms. The summed E-state index contributed by atoms with van der Waals surface area (Å²) in [5.74, 6) is 1.30. The maximum Gasteiger partial charge on any atom is 0.305 e. The lowest BCUT2D eigenvalue weighted by atomic mass is 9.95. The van der Waals surface area contributed by atoms with Gasteiger partial charge in [-0.05, 0) is 116 Å². The van der Waals surface area contributed by atoms with E-state index in [-0.39, 0.29) is 23.8 Å². The molecule has 0 saturated heterocycles. The van der Waals surface area contributed by atoms with Gasteiger partial charge in [-0.3, -0.25) is 19.2 Å². The van der Waals surface area contributed by atoms with Crippen molar-refractivity contribution in [1.29, 1.82) is 0 Å². The van der Waals surface area contributed by atoms with Gasteiger partial charge in [-0.1, -0.05) is 207 Å². The largest absolute Gasteiger partial charge is 0.465 e. The first kappa shape index (κ1) is 71.9. The fourth-order valence-electron chi connectivity index (χ4n) is 9.34. The van der Waals surface area contributed by atoms with Crippen LogP contribution >= 0.6 is 0 Å². The number of esters is 2. The highest BCUT2D eigenvalue weighted by Gasteiger charge is 2.14. The molecule has 2 unspecified atom stereocenters. The van der Waals surface area contributed by atoms with Crippen LogP contribution in [-0.2, 0) is 28.7 Å². The predicted octanol–water partition coefficient (Wildman–Crippen LogP) is 16.2. The van der Waals surface area contributed by atoms with Crippen molar-refractivity contribution in [3.8, 4) is 0 Å². The number of rotatable bonds is 56. The second kappa shape index (κ2) is 61.3. The van der Waals surface area contributed by atoms with Crippen molar-refractivity contribution < 1.29 is 28.7 Å². The highest BCUT2D eigenvalue weighted by atomic mass is 16.5. The van der Waals surface area contributed by atoms with Crippen molar-refractivity contribution in [2.45, 2.75) is 310 Å². The molecule has 0 saturated carbocycles. The third-order valence-corrected chi connectivity index (χ3v) is 14.2. The third kappa shape index (κ3) is 58.7. The zero-order valence-electron chi connectivity index (χ0n) is 49.0. The lowest BCUT2D eigenvalue weighted by Gasteiger charge is -2.17. The lowest BCUT2D eigenvalue weighted by Crippen LogP contribution is -2.24. The van der Waals surface area contributed by atoms with Crippen molar-refractivity contribution in [1.82, 2.24) is 21.3 Å². The summed E-state index contributed by atoms with van der Waals surface area (Å²) < 4.78 is 11.4. The van der Waals surface area contributed by atoms with Gasteiger partial charge in [0, 0.05) is 38.8 Å². The van der Waals surface area contributed by atoms with Crippen molar-refractivity contribution in [2.75, 3.05) is 53.5 Å². The van der Waals surface area contributed by atoms with Crippen molar-refractivity contribution in [3.63, 3.8) is 0 Å². The van der Waals surface area contributed by atoms with Gasteiger partial charge in [0.15, 0.2) is 0 Å². The number of amides is 2. The van der Waals surface area contributed by atoms with E-state index in [0.717, 1.165) is 77.3 Å². The molecule has 428 valence electrons. The Hall–Kier alpha value is -2.20. The minimum atomic E-state index is -0.0461. The minimum absolute atomic E-state index is 0.0461. The summed E-state index contributed by atoms with van der Waals surface area (Å²) in [7, 11) is 3.97. The van der Waals surface area contributed by atoms with Gasteiger partial charge in [-0.2, -0.15) is 0 Å². The van der Waals surface area contributed by atoms with E-state index < -0.39 is 0 Å². The molecule has 0 rings (SSSR count). The Labute approximate surface area is 447 Å². The van der Waals surface area contributed by atoms with Crippen LogP contribution in [0.15, 0.2) is 0 Å². The van der Waals surface area contributed by atoms with Crippen LogP contribution in [0, 0.1) is 11.8 Å². The van der Waals surface area contributed by atoms with Gasteiger partial charge in [-0.25, -0.2) is 0 Å². The first-order chi connectivity index (χ1) is 35.3. The van der Waals surface area contributed by atoms with E-state index in [1.54, 1.807) is 0 Å². The van der Waals surface area contributed by atoms with Crippen molar-refractivity contribution in [2.24, 2.45) is 11.8 Å². The Morgan fingerprint density at radius 2 is 0.556 bits per heavy atom. The summed E-state index contributed by atoms with van der Waals surface area (Å²) in [5, 5.41) is 12.4. The number of nitrogens with one attached hydrogen (secondary N) is 4. The molecule has 0 heterocycles. The fraction of sp³-hybridized carbons (Fsp3) is 0.935. The molecule has 0 aromatic rings. The molecule has 2 atom stereocenters. The summed E-state index contributed by atoms with van der Waals surface area (Å²) >= 11 is 0. The molecule has 0 aromatic carbocycles. The van der Waals surface area contributed by atoms with E-state index in [2.05, 4.69) is 49.0 Å². The molecular formula is C62H124N4O6. The average molecular weight is 1020 g/mol. The van der Waals surface area contributed by atoms with Gasteiger partial charge in [0.2, 0.25) is 11.8 Å². The van der Waals surface area contributed by atoms with Gasteiger partial charge in [0.1, 0.15) is 0 Å². The second-order valence-electron chi connectivity index (χ2n) is 21.5. The maximum atomic E-state index is 12.2. The van der Waals surface area contributed by atoms with E-state index in [1.807, 2.05) is 14.1 Å². The third-order valence-electron chi connectivity index (χ3n) is 14.2. The van der Waals surface area contributed by atoms with Crippen molar-refractivity contribution in [3.05, 3.63) is 0 Å². The topological polar surface area (TPSA) is 135 Å². The molecule has 0 aromatic heterocycles. The maximum absolute atomic E-state index is 12.2. The first-order valence-electron chi connectivity index (χ1n) is 31.4. The van der Waals surface area contributed by atoms with Gasteiger partial charge < -0.3 is 30.7 Å². The van der Waals surface area contributed by atoms with Gasteiger partial charge in [-0.15, -0.1) is 0 Å². The average Bonchev–Trinajstić information content (AvgIpc) is 3.38. The van der Waals surface area contributed by atoms with E-state index >= 15 is 0 Å². The van der Waals surface area contributed by atoms with Crippen LogP contribution in [0.5, 0.6) is 0 Å². The minimum Gasteiger partial charge on any atom is -0.465 e. The molecule has 72 heavy (non-hydrogen) atoms. The van der Waals surface area contributed by atoms with Crippen molar-refractivity contribution >= 4 is 23.8 Å². The zero-order valence-corrected chi connectivity index (χ0v) is 49.0. The highest BCUT2D eigenvalue weighted by molar-refractivity contribution is 5.76. The SMILES string of the molecule is CCCCCCCCC(CCCCCC)COC(=O)CCCCCNC(=O)CCCCCCCNC.CCCCCCCCC(CCCCCC)COC(=O)CCCCCNC(=O)CCCCCCCNC. The molecule has 2 amide bonds. The lowest BCUT2D eigenvalue weighted by molar-refractivity contribution is -0.146. The van der Waals surface area contributed by atoms with E-state index in [1.165, 1.54) is 193 Å². The number of hydrogen-bond acceptors (Lipinski definition) is 8. The molecule has 0 aliphatic heterocycles. The molecular weight excluding hydrogens is 897 g/mol. The Balaban J connectivity index is 0. The molecule has 0 bridgehead atoms. The second-order valence-corrected chi connectivity index (χ2v) is 21.5. The molecule has 0 aliphatic carbocycles. The molecule has 0 spiro atoms. The monoisotopic (exact) mass is 1020 g/mol. The standard InChI is InChI=1S/2C31H62N2O3/c2*1-4-6-8-10-12-17-23-29(22-16-9-7-5-2)28-36-31(35)25-19-15-21-27-33-30(34)24-18-13-11-14-20-26-32-3/h2*29,32H,4-28H2,1-3H3,(H,33,34). The summed E-state index contributed by atoms with van der Waals surface area (Å²) in [6.07, 6.45) is 50.2. The summed E-state index contributed by atoms with van der Waals surface area (Å²) in [6, 6.07) is 0. The highest BCUT2D eigenvalue weighted by Crippen LogP contribution is 2.22. The summed E-state index contributed by atoms with van der Waals surface area (Å²) in [4.78, 5) is 48.3. The normalized spacial score (nSPS) is 12.0. The fourth-order valence-corrected chi connectivity index (χ4v) is 9.34. The van der Waals surface area contributed by atoms with Gasteiger partial charge in [0.05, 0.1) is 13.2 Å². The Morgan fingerprint density at radius 3 is 0.889 bits per heavy atom. The number of ether oxygens (including phenoxy) is 2. The van der Waals surface area contributed by atoms with E-state index in [0.29, 0.717) is 63.8 Å². The molecule has 0 radical (unpaired) electrons. The van der Waals surface area contributed by atoms with E-state index in [9.17, 15) is 19.2 Å². The van der Waals surface area contributed by atoms with Crippen LogP contribution in [0.25, 0.3) is 0 Å². The number of unbranched alkanes of at least 4 members (excludes halogenated alkanes) is 28. The first-order valence-corrected chi connectivity index (χ1v) is 31.4. The zero-order chi connectivity index (χ0) is 53.1. The van der Waals surface area contributed by atoms with Crippen LogP contribution in [-0.4, -0.2) is 77.2 Å². The van der Waals surface area contributed by atoms with Gasteiger partial charge in [0.25, 0.3) is 0 Å². The number of carbonyl (C=O) groups excluding carboxylic acids is 4. The molecule has 10 nitrogen and oxygen atoms in total. The molecule has 4 N–H and O–H groups in total. The molecule has 0 fully saturated rings. The Bertz CT molecular complexity index is 1050. The van der Waals surface area contributed by atoms with E-state index in [4.69, 9.17) is 9.47 Å². The van der Waals surface area contributed by atoms with Crippen LogP contribution in [0.1, 0.15) is 310 Å². The van der Waals surface area contributed by atoms with Crippen LogP contribution in [0.3, 0.4) is 0 Å². The van der Waals surface area contributed by atoms with Crippen LogP contribution < -0.4 is 21.3 Å². The summed E-state index contributed by atoms with van der Waals surface area (Å²) in [6.45, 7) is 13.8. The number of hydrogen-bond donors (Lipinski definition) is 4. The van der Waals surface area contributed by atoms with Crippen LogP contribution in [0.4, 0.5) is 0 Å². The Morgan fingerprint density at radius 1 is 0.306 bits per heavy atom. The predicted molar refractivity (Wildman–Crippen MR) is 309 cm³/mol. The molecule has 0 aliphatic rings. The quantitative estimate of drug-likeness (QED) is 0.0350. The number of carbonyl (C=O) groups is 4. The smallest absolute Gasteiger partial charge is 0.305 e. The summed E-state index contributed by atoms with van der Waals surface area (Å²) in [5.41, 5.74) is 0.